The first-order chi connectivity index (χ1) is 14.6. The average Bonchev–Trinajstić information content (AvgIpc) is 2.70. The molecule has 1 aromatic heterocycles. The van der Waals surface area contributed by atoms with Gasteiger partial charge in [-0.05, 0) is 24.9 Å². The van der Waals surface area contributed by atoms with Crippen LogP contribution in [0.1, 0.15) is 24.5 Å². The van der Waals surface area contributed by atoms with E-state index in [9.17, 15) is 28.0 Å². The van der Waals surface area contributed by atoms with Crippen molar-refractivity contribution in [1.29, 1.82) is 5.26 Å². The molecule has 0 aliphatic carbocycles. The molecular formula is C19H19F3N6O3. The van der Waals surface area contributed by atoms with Crippen molar-refractivity contribution in [2.45, 2.75) is 31.1 Å². The van der Waals surface area contributed by atoms with Gasteiger partial charge in [-0.2, -0.15) is 18.4 Å². The first-order valence-electron chi connectivity index (χ1n) is 9.30. The fourth-order valence-electron chi connectivity index (χ4n) is 3.90. The summed E-state index contributed by atoms with van der Waals surface area (Å²) in [7, 11) is 0. The van der Waals surface area contributed by atoms with Crippen LogP contribution in [-0.2, 0) is 10.3 Å². The van der Waals surface area contributed by atoms with Crippen LogP contribution in [0.25, 0.3) is 11.0 Å². The van der Waals surface area contributed by atoms with E-state index in [-0.39, 0.29) is 35.5 Å². The predicted octanol–water partition coefficient (Wildman–Crippen LogP) is 1.64. The minimum absolute atomic E-state index is 0.0341. The van der Waals surface area contributed by atoms with Crippen LogP contribution >= 0.6 is 0 Å². The lowest BCUT2D eigenvalue weighted by Crippen LogP contribution is -2.63. The van der Waals surface area contributed by atoms with Crippen LogP contribution in [0, 0.1) is 17.2 Å². The van der Waals surface area contributed by atoms with Gasteiger partial charge in [0.1, 0.15) is 11.6 Å². The van der Waals surface area contributed by atoms with Gasteiger partial charge < -0.3 is 21.1 Å². The van der Waals surface area contributed by atoms with Gasteiger partial charge in [0.15, 0.2) is 0 Å². The van der Waals surface area contributed by atoms with Gasteiger partial charge in [0.2, 0.25) is 6.04 Å². The van der Waals surface area contributed by atoms with Crippen LogP contribution in [0.5, 0.6) is 0 Å². The Hall–Kier alpha value is -3.46. The van der Waals surface area contributed by atoms with Crippen molar-refractivity contribution in [3.8, 4) is 6.07 Å². The predicted molar refractivity (Wildman–Crippen MR) is 102 cm³/mol. The zero-order chi connectivity index (χ0) is 22.8. The second-order valence-electron chi connectivity index (χ2n) is 7.46. The number of aromatic nitrogens is 2. The summed E-state index contributed by atoms with van der Waals surface area (Å²) in [4.78, 5) is 31.9. The van der Waals surface area contributed by atoms with Gasteiger partial charge in [0.25, 0.3) is 5.91 Å². The summed E-state index contributed by atoms with van der Waals surface area (Å²) in [6, 6.07) is 2.04. The molecule has 2 amide bonds. The molecule has 3 rings (SSSR count). The highest BCUT2D eigenvalue weighted by Crippen LogP contribution is 2.36. The molecule has 2 heterocycles. The summed E-state index contributed by atoms with van der Waals surface area (Å²) in [6.07, 6.45) is -4.08. The van der Waals surface area contributed by atoms with Crippen LogP contribution in [-0.4, -0.2) is 52.4 Å². The third kappa shape index (κ3) is 4.51. The van der Waals surface area contributed by atoms with E-state index in [0.717, 1.165) is 0 Å². The third-order valence-electron chi connectivity index (χ3n) is 5.10. The molecule has 3 atom stereocenters. The van der Waals surface area contributed by atoms with Crippen LogP contribution in [0.2, 0.25) is 0 Å². The zero-order valence-electron chi connectivity index (χ0n) is 16.3. The number of hydrogen-bond donors (Lipinski definition) is 4. The first kappa shape index (κ1) is 22.2. The number of piperidine rings is 1. The number of carbonyl (C=O) groups is 2. The molecule has 0 saturated carbocycles. The van der Waals surface area contributed by atoms with Crippen LogP contribution < -0.4 is 16.0 Å². The molecule has 12 heteroatoms. The number of fused-ring (bicyclic) bond motifs is 1. The Morgan fingerprint density at radius 1 is 1.32 bits per heavy atom. The van der Waals surface area contributed by atoms with Crippen LogP contribution in [0.4, 0.5) is 18.0 Å². The van der Waals surface area contributed by atoms with E-state index >= 15 is 0 Å². The summed E-state index contributed by atoms with van der Waals surface area (Å²) in [5.41, 5.74) is -0.192. The standard InChI is InChI=1S/C19H19F3N6O3/c1-10-6-18(9-24-8-10,28-16(29)15(19(20,21)22)27-17(30)31)12-3-2-11(7-23)13-14(12)26-5-4-25-13/h2-5,10,15,24,27H,6,8-9H2,1H3,(H,28,29)(H,30,31)/t10-,15?,18-/m0/s1. The molecule has 0 radical (unpaired) electrons. The van der Waals surface area contributed by atoms with E-state index in [0.29, 0.717) is 12.1 Å². The van der Waals surface area contributed by atoms with E-state index < -0.39 is 29.8 Å². The molecule has 1 fully saturated rings. The quantitative estimate of drug-likeness (QED) is 0.571. The van der Waals surface area contributed by atoms with Gasteiger partial charge >= 0.3 is 12.3 Å². The fraction of sp³-hybridized carbons (Fsp3) is 0.421. The number of benzene rings is 1. The summed E-state index contributed by atoms with van der Waals surface area (Å²) in [5, 5.41) is 24.9. The highest BCUT2D eigenvalue weighted by molar-refractivity contribution is 5.89. The van der Waals surface area contributed by atoms with Gasteiger partial charge in [-0.25, -0.2) is 4.79 Å². The maximum Gasteiger partial charge on any atom is 0.417 e. The molecule has 9 nitrogen and oxygen atoms in total. The molecule has 31 heavy (non-hydrogen) atoms. The van der Waals surface area contributed by atoms with Crippen molar-refractivity contribution in [1.82, 2.24) is 25.9 Å². The Morgan fingerprint density at radius 2 is 2.00 bits per heavy atom. The highest BCUT2D eigenvalue weighted by atomic mass is 19.4. The van der Waals surface area contributed by atoms with Gasteiger partial charge in [-0.15, -0.1) is 0 Å². The maximum atomic E-state index is 13.4. The van der Waals surface area contributed by atoms with Crippen molar-refractivity contribution in [2.24, 2.45) is 5.92 Å². The van der Waals surface area contributed by atoms with Crippen LogP contribution in [0.15, 0.2) is 24.5 Å². The Labute approximate surface area is 174 Å². The Kier molecular flexibility index (Phi) is 5.99. The Balaban J connectivity index is 2.12. The SMILES string of the molecule is C[C@@H]1CNC[C@](NC(=O)C(NC(=O)O)C(F)(F)F)(c2ccc(C#N)c3nccnc23)C1. The van der Waals surface area contributed by atoms with E-state index in [1.165, 1.54) is 29.8 Å². The Bertz CT molecular complexity index is 1050. The normalized spacial score (nSPS) is 22.4. The number of carbonyl (C=O) groups excluding carboxylic acids is 1. The third-order valence-corrected chi connectivity index (χ3v) is 5.10. The molecular weight excluding hydrogens is 417 g/mol. The number of carboxylic acid groups (broad SMARTS) is 1. The minimum atomic E-state index is -5.14. The monoisotopic (exact) mass is 436 g/mol. The smallest absolute Gasteiger partial charge is 0.417 e. The lowest BCUT2D eigenvalue weighted by atomic mass is 9.77. The van der Waals surface area contributed by atoms with Crippen molar-refractivity contribution in [3.63, 3.8) is 0 Å². The van der Waals surface area contributed by atoms with Crippen molar-refractivity contribution in [3.05, 3.63) is 35.7 Å². The van der Waals surface area contributed by atoms with E-state index in [4.69, 9.17) is 5.11 Å². The molecule has 1 aliphatic rings. The molecule has 1 saturated heterocycles. The van der Waals surface area contributed by atoms with Crippen molar-refractivity contribution >= 4 is 23.0 Å². The van der Waals surface area contributed by atoms with Gasteiger partial charge in [-0.1, -0.05) is 13.0 Å². The second kappa shape index (κ2) is 8.35. The number of nitrogens with one attached hydrogen (secondary N) is 3. The first-order valence-corrected chi connectivity index (χ1v) is 9.30. The summed E-state index contributed by atoms with van der Waals surface area (Å²) >= 11 is 0. The van der Waals surface area contributed by atoms with E-state index in [2.05, 4.69) is 20.6 Å². The molecule has 0 bridgehead atoms. The highest BCUT2D eigenvalue weighted by Gasteiger charge is 2.49. The largest absolute Gasteiger partial charge is 0.465 e. The number of nitrogens with zero attached hydrogens (tertiary/aromatic N) is 3. The van der Waals surface area contributed by atoms with Gasteiger partial charge in [0, 0.05) is 24.5 Å². The van der Waals surface area contributed by atoms with E-state index in [1.807, 2.05) is 13.0 Å². The van der Waals surface area contributed by atoms with Gasteiger partial charge in [0.05, 0.1) is 16.6 Å². The number of halogens is 3. The molecule has 164 valence electrons. The lowest BCUT2D eigenvalue weighted by Gasteiger charge is -2.42. The number of rotatable bonds is 4. The molecule has 2 aromatic rings. The van der Waals surface area contributed by atoms with Crippen LogP contribution in [0.3, 0.4) is 0 Å². The summed E-state index contributed by atoms with van der Waals surface area (Å²) in [6.45, 7) is 2.52. The maximum absolute atomic E-state index is 13.4. The number of nitriles is 1. The number of amides is 2. The lowest BCUT2D eigenvalue weighted by molar-refractivity contribution is -0.168. The fourth-order valence-corrected chi connectivity index (χ4v) is 3.90. The molecule has 1 aliphatic heterocycles. The minimum Gasteiger partial charge on any atom is -0.465 e. The molecule has 1 unspecified atom stereocenters. The number of alkyl halides is 3. The summed E-state index contributed by atoms with van der Waals surface area (Å²) < 4.78 is 40.1. The average molecular weight is 436 g/mol. The van der Waals surface area contributed by atoms with Crippen molar-refractivity contribution in [2.75, 3.05) is 13.1 Å². The molecule has 4 N–H and O–H groups in total. The topological polar surface area (TPSA) is 140 Å². The molecule has 1 aromatic carbocycles. The zero-order valence-corrected chi connectivity index (χ0v) is 16.3. The van der Waals surface area contributed by atoms with Gasteiger partial charge in [-0.3, -0.25) is 14.8 Å². The van der Waals surface area contributed by atoms with E-state index in [1.54, 1.807) is 0 Å². The Morgan fingerprint density at radius 3 is 2.58 bits per heavy atom. The summed E-state index contributed by atoms with van der Waals surface area (Å²) in [5.74, 6) is -1.57. The number of hydrogen-bond acceptors (Lipinski definition) is 6. The second-order valence-corrected chi connectivity index (χ2v) is 7.46. The molecule has 0 spiro atoms. The van der Waals surface area contributed by atoms with Crippen molar-refractivity contribution < 1.29 is 27.9 Å².